The molecule has 0 aliphatic rings. The predicted molar refractivity (Wildman–Crippen MR) is 76.6 cm³/mol. The molecule has 5 heteroatoms. The summed E-state index contributed by atoms with van der Waals surface area (Å²) in [5, 5.41) is 11.1. The van der Waals surface area contributed by atoms with Crippen LogP contribution in [0, 0.1) is 13.8 Å². The lowest BCUT2D eigenvalue weighted by Gasteiger charge is -2.15. The van der Waals surface area contributed by atoms with Gasteiger partial charge in [0.25, 0.3) is 5.89 Å². The van der Waals surface area contributed by atoms with Crippen LogP contribution in [0.4, 0.5) is 0 Å². The van der Waals surface area contributed by atoms with Gasteiger partial charge < -0.3 is 14.5 Å². The second-order valence-electron chi connectivity index (χ2n) is 4.81. The monoisotopic (exact) mass is 275 g/mol. The quantitative estimate of drug-likeness (QED) is 0.878. The lowest BCUT2D eigenvalue weighted by atomic mass is 10.1. The fourth-order valence-electron chi connectivity index (χ4n) is 2.06. The molecule has 2 aromatic rings. The lowest BCUT2D eigenvalue weighted by molar-refractivity contribution is 0.259. The van der Waals surface area contributed by atoms with E-state index < -0.39 is 0 Å². The molecule has 1 aromatic heterocycles. The first-order valence-electron chi connectivity index (χ1n) is 6.86. The van der Waals surface area contributed by atoms with Crippen molar-refractivity contribution in [2.75, 3.05) is 6.54 Å². The Hall–Kier alpha value is -1.88. The number of hydrogen-bond acceptors (Lipinski definition) is 5. The van der Waals surface area contributed by atoms with Gasteiger partial charge in [-0.1, -0.05) is 19.1 Å². The molecule has 20 heavy (non-hydrogen) atoms. The first-order valence-corrected chi connectivity index (χ1v) is 6.86. The zero-order valence-corrected chi connectivity index (χ0v) is 12.4. The third-order valence-corrected chi connectivity index (χ3v) is 3.13. The minimum atomic E-state index is 0.295. The number of aromatic nitrogens is 2. The predicted octanol–water partition coefficient (Wildman–Crippen LogP) is 2.94. The minimum absolute atomic E-state index is 0.295. The molecule has 1 unspecified atom stereocenters. The van der Waals surface area contributed by atoms with Crippen LogP contribution in [0.25, 0.3) is 0 Å². The summed E-state index contributed by atoms with van der Waals surface area (Å²) in [6, 6.07) is 6.55. The SMILES string of the molecule is CCNC(C)c1ccc(OCc2nnc(C)o2)c(C)c1. The van der Waals surface area contributed by atoms with Crippen LogP contribution in [-0.2, 0) is 6.61 Å². The summed E-state index contributed by atoms with van der Waals surface area (Å²) in [5.74, 6) is 1.88. The van der Waals surface area contributed by atoms with E-state index in [1.54, 1.807) is 6.92 Å². The smallest absolute Gasteiger partial charge is 0.253 e. The molecule has 1 atom stereocenters. The van der Waals surface area contributed by atoms with Crippen molar-refractivity contribution in [2.24, 2.45) is 0 Å². The maximum atomic E-state index is 5.71. The highest BCUT2D eigenvalue weighted by molar-refractivity contribution is 5.37. The molecule has 0 spiro atoms. The fourth-order valence-corrected chi connectivity index (χ4v) is 2.06. The van der Waals surface area contributed by atoms with E-state index in [2.05, 4.69) is 41.5 Å². The van der Waals surface area contributed by atoms with Gasteiger partial charge in [0.2, 0.25) is 5.89 Å². The van der Waals surface area contributed by atoms with E-state index in [0.717, 1.165) is 17.9 Å². The zero-order chi connectivity index (χ0) is 14.5. The van der Waals surface area contributed by atoms with Gasteiger partial charge in [-0.3, -0.25) is 0 Å². The Bertz CT molecular complexity index is 566. The molecule has 2 rings (SSSR count). The summed E-state index contributed by atoms with van der Waals surface area (Å²) < 4.78 is 11.0. The number of benzene rings is 1. The van der Waals surface area contributed by atoms with E-state index >= 15 is 0 Å². The van der Waals surface area contributed by atoms with Gasteiger partial charge in [-0.05, 0) is 37.6 Å². The van der Waals surface area contributed by atoms with E-state index in [1.165, 1.54) is 5.56 Å². The van der Waals surface area contributed by atoms with Crippen LogP contribution in [-0.4, -0.2) is 16.7 Å². The third kappa shape index (κ3) is 3.57. The van der Waals surface area contributed by atoms with Gasteiger partial charge >= 0.3 is 0 Å². The summed E-state index contributed by atoms with van der Waals surface area (Å²) in [6.07, 6.45) is 0. The maximum absolute atomic E-state index is 5.71. The molecule has 0 aliphatic carbocycles. The molecular formula is C15H21N3O2. The van der Waals surface area contributed by atoms with Crippen LogP contribution >= 0.6 is 0 Å². The minimum Gasteiger partial charge on any atom is -0.484 e. The third-order valence-electron chi connectivity index (χ3n) is 3.13. The highest BCUT2D eigenvalue weighted by atomic mass is 16.5. The van der Waals surface area contributed by atoms with Gasteiger partial charge in [-0.25, -0.2) is 0 Å². The first-order chi connectivity index (χ1) is 9.60. The second kappa shape index (κ2) is 6.52. The topological polar surface area (TPSA) is 60.2 Å². The van der Waals surface area contributed by atoms with E-state index in [0.29, 0.717) is 24.4 Å². The van der Waals surface area contributed by atoms with Crippen LogP contribution in [0.2, 0.25) is 0 Å². The Balaban J connectivity index is 2.02. The van der Waals surface area contributed by atoms with Crippen LogP contribution in [0.5, 0.6) is 5.75 Å². The number of nitrogens with one attached hydrogen (secondary N) is 1. The Morgan fingerprint density at radius 1 is 1.30 bits per heavy atom. The molecule has 0 aliphatic heterocycles. The number of hydrogen-bond donors (Lipinski definition) is 1. The van der Waals surface area contributed by atoms with Gasteiger partial charge in [0, 0.05) is 13.0 Å². The number of rotatable bonds is 6. The van der Waals surface area contributed by atoms with Crippen molar-refractivity contribution in [1.82, 2.24) is 15.5 Å². The van der Waals surface area contributed by atoms with Gasteiger partial charge in [-0.15, -0.1) is 10.2 Å². The summed E-state index contributed by atoms with van der Waals surface area (Å²) in [4.78, 5) is 0. The Morgan fingerprint density at radius 2 is 2.10 bits per heavy atom. The van der Waals surface area contributed by atoms with Crippen molar-refractivity contribution in [3.8, 4) is 5.75 Å². The average Bonchev–Trinajstić information content (AvgIpc) is 2.83. The number of aryl methyl sites for hydroxylation is 2. The molecule has 0 bridgehead atoms. The summed E-state index contributed by atoms with van der Waals surface area (Å²) >= 11 is 0. The second-order valence-corrected chi connectivity index (χ2v) is 4.81. The standard InChI is InChI=1S/C15H21N3O2/c1-5-16-11(3)13-6-7-14(10(2)8-13)19-9-15-18-17-12(4)20-15/h6-8,11,16H,5,9H2,1-4H3. The van der Waals surface area contributed by atoms with Crippen LogP contribution in [0.3, 0.4) is 0 Å². The van der Waals surface area contributed by atoms with Crippen molar-refractivity contribution >= 4 is 0 Å². The Labute approximate surface area is 119 Å². The van der Waals surface area contributed by atoms with E-state index in [-0.39, 0.29) is 0 Å². The van der Waals surface area contributed by atoms with Gasteiger partial charge in [-0.2, -0.15) is 0 Å². The van der Waals surface area contributed by atoms with Crippen molar-refractivity contribution < 1.29 is 9.15 Å². The maximum Gasteiger partial charge on any atom is 0.253 e. The zero-order valence-electron chi connectivity index (χ0n) is 12.4. The van der Waals surface area contributed by atoms with Gasteiger partial charge in [0.05, 0.1) is 0 Å². The van der Waals surface area contributed by atoms with Crippen LogP contribution < -0.4 is 10.1 Å². The highest BCUT2D eigenvalue weighted by Gasteiger charge is 2.08. The highest BCUT2D eigenvalue weighted by Crippen LogP contribution is 2.23. The molecule has 0 saturated heterocycles. The molecule has 5 nitrogen and oxygen atoms in total. The fraction of sp³-hybridized carbons (Fsp3) is 0.467. The molecule has 1 heterocycles. The summed E-state index contributed by atoms with van der Waals surface area (Å²) in [5.41, 5.74) is 2.36. The molecule has 0 fully saturated rings. The number of ether oxygens (including phenoxy) is 1. The van der Waals surface area contributed by atoms with E-state index in [1.807, 2.05) is 13.0 Å². The molecule has 1 N–H and O–H groups in total. The van der Waals surface area contributed by atoms with E-state index in [9.17, 15) is 0 Å². The van der Waals surface area contributed by atoms with Crippen LogP contribution in [0.15, 0.2) is 22.6 Å². The van der Waals surface area contributed by atoms with Crippen molar-refractivity contribution in [2.45, 2.75) is 40.3 Å². The normalized spacial score (nSPS) is 12.4. The molecule has 1 aromatic carbocycles. The molecule has 108 valence electrons. The molecule has 0 saturated carbocycles. The average molecular weight is 275 g/mol. The Morgan fingerprint density at radius 3 is 2.70 bits per heavy atom. The largest absolute Gasteiger partial charge is 0.484 e. The lowest BCUT2D eigenvalue weighted by Crippen LogP contribution is -2.17. The van der Waals surface area contributed by atoms with Crippen LogP contribution in [0.1, 0.15) is 42.8 Å². The molecule has 0 radical (unpaired) electrons. The molecule has 0 amide bonds. The van der Waals surface area contributed by atoms with Gasteiger partial charge in [0.15, 0.2) is 6.61 Å². The van der Waals surface area contributed by atoms with E-state index in [4.69, 9.17) is 9.15 Å². The number of nitrogens with zero attached hydrogens (tertiary/aromatic N) is 2. The summed E-state index contributed by atoms with van der Waals surface area (Å²) in [7, 11) is 0. The van der Waals surface area contributed by atoms with Gasteiger partial charge in [0.1, 0.15) is 5.75 Å². The Kier molecular flexibility index (Phi) is 4.74. The summed E-state index contributed by atoms with van der Waals surface area (Å²) in [6.45, 7) is 9.31. The van der Waals surface area contributed by atoms with Crippen molar-refractivity contribution in [3.05, 3.63) is 41.1 Å². The van der Waals surface area contributed by atoms with Crippen molar-refractivity contribution in [1.29, 1.82) is 0 Å². The van der Waals surface area contributed by atoms with Crippen molar-refractivity contribution in [3.63, 3.8) is 0 Å². The first kappa shape index (κ1) is 14.5. The molecular weight excluding hydrogens is 254 g/mol.